The zero-order valence-electron chi connectivity index (χ0n) is 11.1. The van der Waals surface area contributed by atoms with Crippen LogP contribution in [-0.4, -0.2) is 14.2 Å². The number of methoxy groups -OCH3 is 2. The first-order valence-corrected chi connectivity index (χ1v) is 7.01. The van der Waals surface area contributed by atoms with E-state index in [0.717, 1.165) is 10.6 Å². The summed E-state index contributed by atoms with van der Waals surface area (Å²) in [5, 5.41) is 12.6. The largest absolute Gasteiger partial charge is 0.495 e. The van der Waals surface area contributed by atoms with Crippen LogP contribution in [0.2, 0.25) is 5.02 Å². The van der Waals surface area contributed by atoms with Gasteiger partial charge in [-0.3, -0.25) is 0 Å². The van der Waals surface area contributed by atoms with Crippen molar-refractivity contribution in [3.8, 4) is 17.6 Å². The number of halogens is 1. The summed E-state index contributed by atoms with van der Waals surface area (Å²) >= 11 is 7.51. The SMILES string of the molecule is COc1cc(NCc2ccc(C#N)s2)c(OC)cc1Cl. The van der Waals surface area contributed by atoms with Gasteiger partial charge in [-0.15, -0.1) is 11.3 Å². The van der Waals surface area contributed by atoms with Crippen LogP contribution < -0.4 is 14.8 Å². The highest BCUT2D eigenvalue weighted by Gasteiger charge is 2.10. The molecule has 0 aliphatic carbocycles. The van der Waals surface area contributed by atoms with E-state index in [1.807, 2.05) is 6.07 Å². The third-order valence-electron chi connectivity index (χ3n) is 2.70. The lowest BCUT2D eigenvalue weighted by molar-refractivity contribution is 0.404. The van der Waals surface area contributed by atoms with E-state index in [4.69, 9.17) is 26.3 Å². The number of anilines is 1. The molecule has 1 N–H and O–H groups in total. The molecule has 0 saturated heterocycles. The number of ether oxygens (including phenoxy) is 2. The number of thiophene rings is 1. The molecule has 0 spiro atoms. The standard InChI is InChI=1S/C14H13ClN2O2S/c1-18-13-6-12(14(19-2)5-11(13)15)17-8-10-4-3-9(7-16)20-10/h3-6,17H,8H2,1-2H3. The van der Waals surface area contributed by atoms with Crippen molar-refractivity contribution in [1.29, 1.82) is 5.26 Å². The first-order chi connectivity index (χ1) is 9.67. The van der Waals surface area contributed by atoms with E-state index in [1.54, 1.807) is 32.4 Å². The fourth-order valence-corrected chi connectivity index (χ4v) is 2.69. The van der Waals surface area contributed by atoms with Gasteiger partial charge in [0, 0.05) is 23.6 Å². The van der Waals surface area contributed by atoms with Crippen molar-refractivity contribution in [2.24, 2.45) is 0 Å². The minimum absolute atomic E-state index is 0.498. The minimum atomic E-state index is 0.498. The van der Waals surface area contributed by atoms with Gasteiger partial charge in [0.15, 0.2) is 0 Å². The molecule has 2 aromatic rings. The van der Waals surface area contributed by atoms with Gasteiger partial charge in [-0.2, -0.15) is 5.26 Å². The van der Waals surface area contributed by atoms with Crippen molar-refractivity contribution in [2.75, 3.05) is 19.5 Å². The van der Waals surface area contributed by atoms with E-state index in [0.29, 0.717) is 27.9 Å². The molecule has 20 heavy (non-hydrogen) atoms. The van der Waals surface area contributed by atoms with Gasteiger partial charge < -0.3 is 14.8 Å². The predicted octanol–water partition coefficient (Wildman–Crippen LogP) is 3.90. The molecule has 0 saturated carbocycles. The quantitative estimate of drug-likeness (QED) is 0.910. The van der Waals surface area contributed by atoms with Crippen molar-refractivity contribution in [3.05, 3.63) is 39.0 Å². The third kappa shape index (κ3) is 3.16. The highest BCUT2D eigenvalue weighted by atomic mass is 35.5. The molecule has 0 bridgehead atoms. The van der Waals surface area contributed by atoms with Crippen LogP contribution in [0.3, 0.4) is 0 Å². The summed E-state index contributed by atoms with van der Waals surface area (Å²) < 4.78 is 10.5. The molecule has 0 unspecified atom stereocenters. The van der Waals surface area contributed by atoms with E-state index >= 15 is 0 Å². The Kier molecular flexibility index (Phi) is 4.72. The van der Waals surface area contributed by atoms with Gasteiger partial charge in [0.25, 0.3) is 0 Å². The Morgan fingerprint density at radius 2 is 2.00 bits per heavy atom. The van der Waals surface area contributed by atoms with Gasteiger partial charge in [-0.25, -0.2) is 0 Å². The van der Waals surface area contributed by atoms with Crippen molar-refractivity contribution in [1.82, 2.24) is 0 Å². The lowest BCUT2D eigenvalue weighted by Crippen LogP contribution is -2.00. The Morgan fingerprint density at radius 1 is 1.25 bits per heavy atom. The van der Waals surface area contributed by atoms with E-state index in [2.05, 4.69) is 11.4 Å². The van der Waals surface area contributed by atoms with Crippen LogP contribution >= 0.6 is 22.9 Å². The van der Waals surface area contributed by atoms with E-state index in [9.17, 15) is 0 Å². The lowest BCUT2D eigenvalue weighted by atomic mass is 10.2. The Morgan fingerprint density at radius 3 is 2.60 bits per heavy atom. The van der Waals surface area contributed by atoms with Gasteiger partial charge in [-0.1, -0.05) is 11.6 Å². The molecule has 0 radical (unpaired) electrons. The maximum Gasteiger partial charge on any atom is 0.143 e. The molecule has 1 aromatic carbocycles. The van der Waals surface area contributed by atoms with Crippen molar-refractivity contribution < 1.29 is 9.47 Å². The molecule has 0 aliphatic heterocycles. The first kappa shape index (κ1) is 14.5. The van der Waals surface area contributed by atoms with Gasteiger partial charge in [0.05, 0.1) is 24.9 Å². The summed E-state index contributed by atoms with van der Waals surface area (Å²) in [5.74, 6) is 1.23. The van der Waals surface area contributed by atoms with Crippen molar-refractivity contribution in [3.63, 3.8) is 0 Å². The van der Waals surface area contributed by atoms with E-state index < -0.39 is 0 Å². The van der Waals surface area contributed by atoms with Crippen LogP contribution in [0.5, 0.6) is 11.5 Å². The van der Waals surface area contributed by atoms with Crippen molar-refractivity contribution in [2.45, 2.75) is 6.54 Å². The molecular weight excluding hydrogens is 296 g/mol. The van der Waals surface area contributed by atoms with Crippen molar-refractivity contribution >= 4 is 28.6 Å². The van der Waals surface area contributed by atoms with Gasteiger partial charge in [0.1, 0.15) is 22.4 Å². The summed E-state index contributed by atoms with van der Waals surface area (Å²) in [4.78, 5) is 1.76. The molecule has 0 aliphatic rings. The summed E-state index contributed by atoms with van der Waals surface area (Å²) in [5.41, 5.74) is 0.792. The van der Waals surface area contributed by atoms with Crippen LogP contribution in [0.1, 0.15) is 9.75 Å². The molecule has 1 heterocycles. The minimum Gasteiger partial charge on any atom is -0.495 e. The van der Waals surface area contributed by atoms with Gasteiger partial charge >= 0.3 is 0 Å². The second kappa shape index (κ2) is 6.51. The fraction of sp³-hybridized carbons (Fsp3) is 0.214. The highest BCUT2D eigenvalue weighted by Crippen LogP contribution is 2.36. The average Bonchev–Trinajstić information content (AvgIpc) is 2.93. The lowest BCUT2D eigenvalue weighted by Gasteiger charge is -2.13. The third-order valence-corrected chi connectivity index (χ3v) is 3.98. The van der Waals surface area contributed by atoms with E-state index in [-0.39, 0.29) is 0 Å². The molecule has 0 fully saturated rings. The van der Waals surface area contributed by atoms with Crippen LogP contribution in [-0.2, 0) is 6.54 Å². The zero-order valence-corrected chi connectivity index (χ0v) is 12.6. The molecule has 4 nitrogen and oxygen atoms in total. The number of hydrogen-bond acceptors (Lipinski definition) is 5. The normalized spacial score (nSPS) is 9.90. The summed E-state index contributed by atoms with van der Waals surface area (Å²) in [6, 6.07) is 9.35. The number of nitrogens with zero attached hydrogens (tertiary/aromatic N) is 1. The molecule has 0 amide bonds. The Hall–Kier alpha value is -1.90. The Balaban J connectivity index is 2.17. The topological polar surface area (TPSA) is 54.3 Å². The summed E-state index contributed by atoms with van der Waals surface area (Å²) in [7, 11) is 3.15. The Bertz CT molecular complexity index is 649. The molecule has 104 valence electrons. The number of hydrogen-bond donors (Lipinski definition) is 1. The number of nitriles is 1. The molecule has 2 rings (SSSR count). The first-order valence-electron chi connectivity index (χ1n) is 5.82. The number of benzene rings is 1. The monoisotopic (exact) mass is 308 g/mol. The van der Waals surface area contributed by atoms with Crippen LogP contribution in [0.25, 0.3) is 0 Å². The predicted molar refractivity (Wildman–Crippen MR) is 80.9 cm³/mol. The van der Waals surface area contributed by atoms with Crippen LogP contribution in [0.4, 0.5) is 5.69 Å². The molecule has 0 atom stereocenters. The molecular formula is C14H13ClN2O2S. The van der Waals surface area contributed by atoms with Gasteiger partial charge in [-0.05, 0) is 12.1 Å². The second-order valence-electron chi connectivity index (χ2n) is 3.92. The summed E-state index contributed by atoms with van der Waals surface area (Å²) in [6.45, 7) is 0.605. The van der Waals surface area contributed by atoms with Crippen LogP contribution in [0.15, 0.2) is 24.3 Å². The molecule has 6 heteroatoms. The summed E-state index contributed by atoms with van der Waals surface area (Å²) in [6.07, 6.45) is 0. The second-order valence-corrected chi connectivity index (χ2v) is 5.49. The van der Waals surface area contributed by atoms with E-state index in [1.165, 1.54) is 11.3 Å². The number of rotatable bonds is 5. The smallest absolute Gasteiger partial charge is 0.143 e. The van der Waals surface area contributed by atoms with Gasteiger partial charge in [0.2, 0.25) is 0 Å². The number of nitrogens with one attached hydrogen (secondary N) is 1. The maximum absolute atomic E-state index is 8.81. The van der Waals surface area contributed by atoms with Crippen LogP contribution in [0, 0.1) is 11.3 Å². The highest BCUT2D eigenvalue weighted by molar-refractivity contribution is 7.12. The molecule has 1 aromatic heterocycles. The Labute approximate surface area is 126 Å². The zero-order chi connectivity index (χ0) is 14.5. The fourth-order valence-electron chi connectivity index (χ4n) is 1.71. The average molecular weight is 309 g/mol. The maximum atomic E-state index is 8.81.